The minimum absolute atomic E-state index is 0.157. The van der Waals surface area contributed by atoms with Crippen LogP contribution in [-0.4, -0.2) is 53.1 Å². The molecule has 1 atom stereocenters. The lowest BCUT2D eigenvalue weighted by molar-refractivity contribution is -0.159. The predicted octanol–water partition coefficient (Wildman–Crippen LogP) is 1.66. The third-order valence-electron chi connectivity index (χ3n) is 2.18. The van der Waals surface area contributed by atoms with Crippen LogP contribution < -0.4 is 10.1 Å². The average molecular weight is 366 g/mol. The van der Waals surface area contributed by atoms with Crippen LogP contribution in [0.1, 0.15) is 0 Å². The van der Waals surface area contributed by atoms with Crippen molar-refractivity contribution in [2.45, 2.75) is 6.10 Å². The monoisotopic (exact) mass is 365 g/mol. The van der Waals surface area contributed by atoms with Gasteiger partial charge in [0.05, 0.1) is 5.02 Å². The molecule has 4 N–H and O–H groups in total. The molecule has 23 heavy (non-hydrogen) atoms. The molecule has 128 valence electrons. The van der Waals surface area contributed by atoms with Crippen LogP contribution in [0.15, 0.2) is 30.9 Å². The van der Waals surface area contributed by atoms with Gasteiger partial charge in [0.15, 0.2) is 0 Å². The number of aliphatic hydroxyl groups excluding tert-OH is 1. The van der Waals surface area contributed by atoms with Crippen LogP contribution in [0.2, 0.25) is 10.0 Å². The van der Waals surface area contributed by atoms with E-state index in [4.69, 9.17) is 47.7 Å². The Morgan fingerprint density at radius 3 is 2.43 bits per heavy atom. The van der Waals surface area contributed by atoms with E-state index in [1.54, 1.807) is 24.3 Å². The zero-order chi connectivity index (χ0) is 17.8. The van der Waals surface area contributed by atoms with Gasteiger partial charge in [0, 0.05) is 24.2 Å². The number of carboxylic acid groups (broad SMARTS) is 2. The Balaban J connectivity index is 0.000000688. The number of hydrogen-bond acceptors (Lipinski definition) is 5. The van der Waals surface area contributed by atoms with Crippen molar-refractivity contribution in [1.29, 1.82) is 0 Å². The van der Waals surface area contributed by atoms with E-state index in [1.807, 2.05) is 0 Å². The second-order valence-corrected chi connectivity index (χ2v) is 4.94. The molecule has 0 aliphatic rings. The molecule has 7 nitrogen and oxygen atoms in total. The number of carboxylic acids is 2. The Bertz CT molecular complexity index is 526. The Morgan fingerprint density at radius 2 is 1.91 bits per heavy atom. The molecular formula is C14H17Cl2NO6. The Morgan fingerprint density at radius 1 is 1.30 bits per heavy atom. The largest absolute Gasteiger partial charge is 0.489 e. The summed E-state index contributed by atoms with van der Waals surface area (Å²) in [5.74, 6) is -3.17. The highest BCUT2D eigenvalue weighted by atomic mass is 35.5. The molecule has 0 aromatic heterocycles. The normalized spacial score (nSPS) is 10.9. The summed E-state index contributed by atoms with van der Waals surface area (Å²) in [7, 11) is 0. The fraction of sp³-hybridized carbons (Fsp3) is 0.286. The third kappa shape index (κ3) is 10.5. The average Bonchev–Trinajstić information content (AvgIpc) is 2.49. The molecule has 0 radical (unpaired) electrons. The smallest absolute Gasteiger partial charge is 0.414 e. The molecule has 0 saturated heterocycles. The molecule has 1 rings (SSSR count). The van der Waals surface area contributed by atoms with Crippen LogP contribution in [-0.2, 0) is 9.59 Å². The molecule has 1 aromatic rings. The van der Waals surface area contributed by atoms with E-state index >= 15 is 0 Å². The van der Waals surface area contributed by atoms with E-state index in [-0.39, 0.29) is 6.61 Å². The molecule has 0 saturated carbocycles. The predicted molar refractivity (Wildman–Crippen MR) is 86.3 cm³/mol. The summed E-state index contributed by atoms with van der Waals surface area (Å²) in [6, 6.07) is 4.95. The lowest BCUT2D eigenvalue weighted by atomic mass is 10.3. The zero-order valence-electron chi connectivity index (χ0n) is 12.0. The van der Waals surface area contributed by atoms with Gasteiger partial charge in [-0.15, -0.1) is 6.58 Å². The van der Waals surface area contributed by atoms with E-state index in [9.17, 15) is 5.11 Å². The molecule has 0 bridgehead atoms. The summed E-state index contributed by atoms with van der Waals surface area (Å²) in [6.07, 6.45) is 1.12. The van der Waals surface area contributed by atoms with Crippen LogP contribution in [0.5, 0.6) is 5.75 Å². The summed E-state index contributed by atoms with van der Waals surface area (Å²) < 4.78 is 5.38. The first kappa shape index (κ1) is 21.2. The quantitative estimate of drug-likeness (QED) is 0.330. The van der Waals surface area contributed by atoms with Gasteiger partial charge >= 0.3 is 11.9 Å². The number of hydrogen-bond donors (Lipinski definition) is 4. The summed E-state index contributed by atoms with van der Waals surface area (Å²) in [5.41, 5.74) is 0. The molecule has 0 heterocycles. The van der Waals surface area contributed by atoms with Gasteiger partial charge in [-0.05, 0) is 12.1 Å². The molecule has 0 spiro atoms. The van der Waals surface area contributed by atoms with E-state index in [1.165, 1.54) is 0 Å². The van der Waals surface area contributed by atoms with Crippen molar-refractivity contribution in [2.24, 2.45) is 0 Å². The van der Waals surface area contributed by atoms with Crippen molar-refractivity contribution in [1.82, 2.24) is 5.32 Å². The summed E-state index contributed by atoms with van der Waals surface area (Å²) in [4.78, 5) is 18.2. The summed E-state index contributed by atoms with van der Waals surface area (Å²) in [5, 5.41) is 28.4. The van der Waals surface area contributed by atoms with E-state index in [0.717, 1.165) is 0 Å². The standard InChI is InChI=1S/C12H15Cl2NO2.C2H2O4/c1-2-5-15-7-10(16)8-17-12-6-9(13)3-4-11(12)14;3-1(4)2(5)6/h2-4,6,10,15-16H,1,5,7-8H2;(H,3,4)(H,5,6). The van der Waals surface area contributed by atoms with Crippen LogP contribution in [0, 0.1) is 0 Å². The topological polar surface area (TPSA) is 116 Å². The highest BCUT2D eigenvalue weighted by molar-refractivity contribution is 6.34. The van der Waals surface area contributed by atoms with Gasteiger partial charge in [0.2, 0.25) is 0 Å². The summed E-state index contributed by atoms with van der Waals surface area (Å²) >= 11 is 11.7. The Hall–Kier alpha value is -1.80. The maximum absolute atomic E-state index is 9.60. The minimum atomic E-state index is -1.82. The number of aliphatic carboxylic acids is 2. The maximum atomic E-state index is 9.60. The second kappa shape index (κ2) is 11.7. The number of ether oxygens (including phenoxy) is 1. The van der Waals surface area contributed by atoms with Crippen molar-refractivity contribution in [2.75, 3.05) is 19.7 Å². The van der Waals surface area contributed by atoms with E-state index in [0.29, 0.717) is 28.9 Å². The molecule has 0 amide bonds. The number of aliphatic hydroxyl groups is 1. The SMILES string of the molecule is C=CCNCC(O)COc1cc(Cl)ccc1Cl.O=C(O)C(=O)O. The Labute approximate surface area is 143 Å². The fourth-order valence-electron chi connectivity index (χ4n) is 1.18. The highest BCUT2D eigenvalue weighted by Crippen LogP contribution is 2.27. The van der Waals surface area contributed by atoms with Crippen molar-refractivity contribution in [3.05, 3.63) is 40.9 Å². The zero-order valence-corrected chi connectivity index (χ0v) is 13.5. The number of rotatable bonds is 7. The van der Waals surface area contributed by atoms with E-state index in [2.05, 4.69) is 11.9 Å². The number of nitrogens with one attached hydrogen (secondary N) is 1. The molecule has 0 aliphatic carbocycles. The van der Waals surface area contributed by atoms with Gasteiger partial charge in [-0.3, -0.25) is 0 Å². The van der Waals surface area contributed by atoms with Gasteiger partial charge in [-0.2, -0.15) is 0 Å². The van der Waals surface area contributed by atoms with Gasteiger partial charge in [-0.1, -0.05) is 29.3 Å². The molecule has 1 unspecified atom stereocenters. The van der Waals surface area contributed by atoms with Crippen LogP contribution >= 0.6 is 23.2 Å². The molecule has 1 aromatic carbocycles. The fourth-order valence-corrected chi connectivity index (χ4v) is 1.52. The molecule has 0 aliphatic heterocycles. The highest BCUT2D eigenvalue weighted by Gasteiger charge is 2.07. The minimum Gasteiger partial charge on any atom is -0.489 e. The van der Waals surface area contributed by atoms with Crippen LogP contribution in [0.25, 0.3) is 0 Å². The van der Waals surface area contributed by atoms with Crippen molar-refractivity contribution in [3.8, 4) is 5.75 Å². The van der Waals surface area contributed by atoms with Gasteiger partial charge in [0.1, 0.15) is 18.5 Å². The van der Waals surface area contributed by atoms with Gasteiger partial charge in [0.25, 0.3) is 0 Å². The second-order valence-electron chi connectivity index (χ2n) is 4.10. The lowest BCUT2D eigenvalue weighted by Gasteiger charge is -2.13. The van der Waals surface area contributed by atoms with Crippen LogP contribution in [0.3, 0.4) is 0 Å². The number of benzene rings is 1. The third-order valence-corrected chi connectivity index (χ3v) is 2.72. The van der Waals surface area contributed by atoms with Gasteiger partial charge in [-0.25, -0.2) is 9.59 Å². The Kier molecular flexibility index (Phi) is 10.8. The first-order valence-corrected chi connectivity index (χ1v) is 7.07. The molecular weight excluding hydrogens is 349 g/mol. The number of halogens is 2. The van der Waals surface area contributed by atoms with Crippen molar-refractivity contribution < 1.29 is 29.6 Å². The van der Waals surface area contributed by atoms with Crippen molar-refractivity contribution >= 4 is 35.1 Å². The molecule has 0 fully saturated rings. The lowest BCUT2D eigenvalue weighted by Crippen LogP contribution is -2.31. The van der Waals surface area contributed by atoms with Crippen LogP contribution in [0.4, 0.5) is 0 Å². The maximum Gasteiger partial charge on any atom is 0.414 e. The van der Waals surface area contributed by atoms with E-state index < -0.39 is 18.0 Å². The van der Waals surface area contributed by atoms with Crippen molar-refractivity contribution in [3.63, 3.8) is 0 Å². The summed E-state index contributed by atoms with van der Waals surface area (Å²) in [6.45, 7) is 4.80. The molecule has 9 heteroatoms. The van der Waals surface area contributed by atoms with Gasteiger partial charge < -0.3 is 25.4 Å². The first-order valence-electron chi connectivity index (χ1n) is 6.31. The number of carbonyl (C=O) groups is 2. The first-order chi connectivity index (χ1) is 10.8.